The Bertz CT molecular complexity index is 539. The molecular formula is C17H19FN2. The van der Waals surface area contributed by atoms with Crippen molar-refractivity contribution >= 4 is 0 Å². The van der Waals surface area contributed by atoms with Crippen LogP contribution in [0.3, 0.4) is 0 Å². The molecule has 1 fully saturated rings. The molecule has 20 heavy (non-hydrogen) atoms. The van der Waals surface area contributed by atoms with Crippen LogP contribution in [0.4, 0.5) is 4.39 Å². The minimum Gasteiger partial charge on any atom is -0.314 e. The van der Waals surface area contributed by atoms with Crippen LogP contribution in [0.5, 0.6) is 0 Å². The Morgan fingerprint density at radius 3 is 2.50 bits per heavy atom. The molecule has 2 nitrogen and oxygen atoms in total. The smallest absolute Gasteiger partial charge is 0.123 e. The first-order valence-corrected chi connectivity index (χ1v) is 7.06. The molecule has 2 N–H and O–H groups in total. The van der Waals surface area contributed by atoms with Crippen molar-refractivity contribution in [2.75, 3.05) is 13.1 Å². The fourth-order valence-corrected chi connectivity index (χ4v) is 2.80. The lowest BCUT2D eigenvalue weighted by atomic mass is 9.94. The molecule has 2 aromatic rings. The Morgan fingerprint density at radius 2 is 1.75 bits per heavy atom. The number of halogens is 1. The molecule has 0 bridgehead atoms. The summed E-state index contributed by atoms with van der Waals surface area (Å²) in [6.07, 6.45) is 0. The van der Waals surface area contributed by atoms with Gasteiger partial charge in [0.1, 0.15) is 5.82 Å². The summed E-state index contributed by atoms with van der Waals surface area (Å²) >= 11 is 0. The maximum absolute atomic E-state index is 13.0. The number of rotatable bonds is 4. The van der Waals surface area contributed by atoms with Crippen molar-refractivity contribution in [3.63, 3.8) is 0 Å². The molecule has 0 spiro atoms. The molecule has 1 aliphatic rings. The third kappa shape index (κ3) is 3.06. The Labute approximate surface area is 119 Å². The lowest BCUT2D eigenvalue weighted by Gasteiger charge is -2.20. The summed E-state index contributed by atoms with van der Waals surface area (Å²) in [4.78, 5) is 0. The second-order valence-corrected chi connectivity index (χ2v) is 5.29. The highest BCUT2D eigenvalue weighted by atomic mass is 19.1. The van der Waals surface area contributed by atoms with Gasteiger partial charge in [-0.1, -0.05) is 42.5 Å². The van der Waals surface area contributed by atoms with Crippen LogP contribution in [-0.4, -0.2) is 19.1 Å². The van der Waals surface area contributed by atoms with Gasteiger partial charge >= 0.3 is 0 Å². The van der Waals surface area contributed by atoms with Crippen LogP contribution in [-0.2, 0) is 6.54 Å². The molecule has 0 radical (unpaired) electrons. The summed E-state index contributed by atoms with van der Waals surface area (Å²) in [5, 5.41) is 7.02. The zero-order valence-corrected chi connectivity index (χ0v) is 11.4. The maximum Gasteiger partial charge on any atom is 0.123 e. The van der Waals surface area contributed by atoms with E-state index in [4.69, 9.17) is 0 Å². The van der Waals surface area contributed by atoms with Crippen LogP contribution in [0, 0.1) is 5.82 Å². The Kier molecular flexibility index (Phi) is 4.09. The third-order valence-corrected chi connectivity index (χ3v) is 3.92. The summed E-state index contributed by atoms with van der Waals surface area (Å²) in [7, 11) is 0. The van der Waals surface area contributed by atoms with Gasteiger partial charge in [0, 0.05) is 31.6 Å². The second-order valence-electron chi connectivity index (χ2n) is 5.29. The van der Waals surface area contributed by atoms with Gasteiger partial charge in [-0.25, -0.2) is 4.39 Å². The molecule has 2 aromatic carbocycles. The molecule has 1 saturated heterocycles. The van der Waals surface area contributed by atoms with Crippen molar-refractivity contribution in [2.24, 2.45) is 0 Å². The first-order valence-electron chi connectivity index (χ1n) is 7.06. The van der Waals surface area contributed by atoms with Crippen molar-refractivity contribution in [3.05, 3.63) is 71.5 Å². The van der Waals surface area contributed by atoms with Crippen molar-refractivity contribution in [1.82, 2.24) is 10.6 Å². The van der Waals surface area contributed by atoms with E-state index in [2.05, 4.69) is 34.9 Å². The standard InChI is InChI=1S/C17H19FN2/c18-15-8-6-14(7-9-15)16-11-19-12-17(16)20-10-13-4-2-1-3-5-13/h1-9,16-17,19-20H,10-12H2/t16-,17+/m0/s1. The highest BCUT2D eigenvalue weighted by Crippen LogP contribution is 2.23. The Morgan fingerprint density at radius 1 is 1.00 bits per heavy atom. The average Bonchev–Trinajstić information content (AvgIpc) is 2.95. The predicted molar refractivity (Wildman–Crippen MR) is 79.1 cm³/mol. The molecular weight excluding hydrogens is 251 g/mol. The zero-order chi connectivity index (χ0) is 13.8. The minimum atomic E-state index is -0.173. The van der Waals surface area contributed by atoms with Gasteiger partial charge in [-0.15, -0.1) is 0 Å². The second kappa shape index (κ2) is 6.16. The van der Waals surface area contributed by atoms with Gasteiger partial charge < -0.3 is 10.6 Å². The lowest BCUT2D eigenvalue weighted by Crippen LogP contribution is -2.34. The van der Waals surface area contributed by atoms with Crippen LogP contribution in [0.15, 0.2) is 54.6 Å². The topological polar surface area (TPSA) is 24.1 Å². The lowest BCUT2D eigenvalue weighted by molar-refractivity contribution is 0.503. The van der Waals surface area contributed by atoms with Gasteiger partial charge in [0.15, 0.2) is 0 Å². The van der Waals surface area contributed by atoms with E-state index in [1.807, 2.05) is 18.2 Å². The monoisotopic (exact) mass is 270 g/mol. The van der Waals surface area contributed by atoms with E-state index in [-0.39, 0.29) is 5.82 Å². The third-order valence-electron chi connectivity index (χ3n) is 3.92. The summed E-state index contributed by atoms with van der Waals surface area (Å²) in [5.41, 5.74) is 2.49. The van der Waals surface area contributed by atoms with Gasteiger partial charge in [-0.3, -0.25) is 0 Å². The molecule has 104 valence electrons. The molecule has 0 aromatic heterocycles. The molecule has 0 saturated carbocycles. The van der Waals surface area contributed by atoms with Gasteiger partial charge in [0.25, 0.3) is 0 Å². The van der Waals surface area contributed by atoms with Crippen molar-refractivity contribution in [3.8, 4) is 0 Å². The molecule has 3 rings (SSSR count). The minimum absolute atomic E-state index is 0.173. The van der Waals surface area contributed by atoms with E-state index in [9.17, 15) is 4.39 Å². The fraction of sp³-hybridized carbons (Fsp3) is 0.294. The summed E-state index contributed by atoms with van der Waals surface area (Å²) in [6.45, 7) is 2.76. The fourth-order valence-electron chi connectivity index (χ4n) is 2.80. The van der Waals surface area contributed by atoms with Crippen molar-refractivity contribution < 1.29 is 4.39 Å². The van der Waals surface area contributed by atoms with Crippen LogP contribution in [0.2, 0.25) is 0 Å². The van der Waals surface area contributed by atoms with Gasteiger partial charge in [-0.2, -0.15) is 0 Å². The highest BCUT2D eigenvalue weighted by molar-refractivity contribution is 5.24. The number of nitrogens with one attached hydrogen (secondary N) is 2. The van der Waals surface area contributed by atoms with Gasteiger partial charge in [0.05, 0.1) is 0 Å². The van der Waals surface area contributed by atoms with Crippen LogP contribution in [0.1, 0.15) is 17.0 Å². The van der Waals surface area contributed by atoms with E-state index < -0.39 is 0 Å². The van der Waals surface area contributed by atoms with Crippen molar-refractivity contribution in [1.29, 1.82) is 0 Å². The SMILES string of the molecule is Fc1ccc([C@@H]2CNC[C@H]2NCc2ccccc2)cc1. The summed E-state index contributed by atoms with van der Waals surface area (Å²) in [5.74, 6) is 0.229. The molecule has 1 aliphatic heterocycles. The van der Waals surface area contributed by atoms with Crippen LogP contribution >= 0.6 is 0 Å². The molecule has 0 aliphatic carbocycles. The molecule has 1 heterocycles. The van der Waals surface area contributed by atoms with E-state index in [0.29, 0.717) is 12.0 Å². The van der Waals surface area contributed by atoms with Crippen LogP contribution < -0.4 is 10.6 Å². The maximum atomic E-state index is 13.0. The highest BCUT2D eigenvalue weighted by Gasteiger charge is 2.27. The van der Waals surface area contributed by atoms with Gasteiger partial charge in [-0.05, 0) is 23.3 Å². The summed E-state index contributed by atoms with van der Waals surface area (Å²) in [6, 6.07) is 17.7. The Hall–Kier alpha value is -1.71. The summed E-state index contributed by atoms with van der Waals surface area (Å²) < 4.78 is 13.0. The average molecular weight is 270 g/mol. The Balaban J connectivity index is 1.65. The molecule has 0 unspecified atom stereocenters. The number of hydrogen-bond acceptors (Lipinski definition) is 2. The van der Waals surface area contributed by atoms with E-state index in [0.717, 1.165) is 19.6 Å². The van der Waals surface area contributed by atoms with Crippen LogP contribution in [0.25, 0.3) is 0 Å². The number of benzene rings is 2. The first-order chi connectivity index (χ1) is 9.83. The quantitative estimate of drug-likeness (QED) is 0.892. The van der Waals surface area contributed by atoms with E-state index in [1.165, 1.54) is 11.1 Å². The number of hydrogen-bond donors (Lipinski definition) is 2. The van der Waals surface area contributed by atoms with E-state index >= 15 is 0 Å². The molecule has 0 amide bonds. The predicted octanol–water partition coefficient (Wildman–Crippen LogP) is 2.67. The first kappa shape index (κ1) is 13.3. The van der Waals surface area contributed by atoms with Gasteiger partial charge in [0.2, 0.25) is 0 Å². The largest absolute Gasteiger partial charge is 0.314 e. The molecule has 2 atom stereocenters. The zero-order valence-electron chi connectivity index (χ0n) is 11.4. The van der Waals surface area contributed by atoms with Crippen molar-refractivity contribution in [2.45, 2.75) is 18.5 Å². The van der Waals surface area contributed by atoms with E-state index in [1.54, 1.807) is 12.1 Å². The normalized spacial score (nSPS) is 22.1. The molecule has 3 heteroatoms.